The molecule has 0 aliphatic carbocycles. The fourth-order valence-electron chi connectivity index (χ4n) is 2.35. The molecule has 108 valence electrons. The first-order valence-corrected chi connectivity index (χ1v) is 8.14. The lowest BCUT2D eigenvalue weighted by atomic mass is 10.1. The second kappa shape index (κ2) is 5.44. The first-order valence-electron chi connectivity index (χ1n) is 6.09. The van der Waals surface area contributed by atoms with Gasteiger partial charge in [-0.1, -0.05) is 17.7 Å². The fraction of sp³-hybridized carbons (Fsp3) is 0.143. The average molecular weight is 386 g/mol. The van der Waals surface area contributed by atoms with E-state index in [0.29, 0.717) is 22.0 Å². The molecule has 0 radical (unpaired) electrons. The van der Waals surface area contributed by atoms with Crippen molar-refractivity contribution >= 4 is 54.9 Å². The van der Waals surface area contributed by atoms with Gasteiger partial charge in [-0.2, -0.15) is 0 Å². The molecule has 0 aliphatic rings. The zero-order valence-electron chi connectivity index (χ0n) is 10.9. The summed E-state index contributed by atoms with van der Waals surface area (Å²) in [7, 11) is 0. The first-order chi connectivity index (χ1) is 9.99. The van der Waals surface area contributed by atoms with Gasteiger partial charge in [-0.15, -0.1) is 11.3 Å². The van der Waals surface area contributed by atoms with Crippen LogP contribution in [0.5, 0.6) is 0 Å². The van der Waals surface area contributed by atoms with Gasteiger partial charge >= 0.3 is 5.97 Å². The first kappa shape index (κ1) is 14.6. The van der Waals surface area contributed by atoms with Crippen LogP contribution in [-0.2, 0) is 6.54 Å². The van der Waals surface area contributed by atoms with Gasteiger partial charge in [0.25, 0.3) is 0 Å². The van der Waals surface area contributed by atoms with Crippen LogP contribution in [0, 0.1) is 6.92 Å². The zero-order valence-corrected chi connectivity index (χ0v) is 14.1. The summed E-state index contributed by atoms with van der Waals surface area (Å²) < 4.78 is 3.23. The maximum Gasteiger partial charge on any atom is 0.354 e. The van der Waals surface area contributed by atoms with E-state index in [2.05, 4.69) is 20.9 Å². The summed E-state index contributed by atoms with van der Waals surface area (Å²) in [4.78, 5) is 15.6. The van der Waals surface area contributed by atoms with E-state index in [4.69, 9.17) is 11.6 Å². The second-order valence-corrected chi connectivity index (χ2v) is 6.61. The highest BCUT2D eigenvalue weighted by Gasteiger charge is 2.20. The molecule has 0 atom stereocenters. The van der Waals surface area contributed by atoms with Crippen molar-refractivity contribution in [3.8, 4) is 0 Å². The van der Waals surface area contributed by atoms with Crippen molar-refractivity contribution in [1.29, 1.82) is 0 Å². The number of hydrogen-bond acceptors (Lipinski definition) is 3. The molecule has 1 aromatic carbocycles. The summed E-state index contributed by atoms with van der Waals surface area (Å²) in [6, 6.07) is 5.75. The molecule has 0 saturated carbocycles. The van der Waals surface area contributed by atoms with Gasteiger partial charge in [-0.3, -0.25) is 0 Å². The van der Waals surface area contributed by atoms with Gasteiger partial charge in [0.2, 0.25) is 0 Å². The van der Waals surface area contributed by atoms with E-state index in [0.717, 1.165) is 15.6 Å². The third-order valence-electron chi connectivity index (χ3n) is 3.25. The Bertz CT molecular complexity index is 856. The third-order valence-corrected chi connectivity index (χ3v) is 5.17. The number of hydrogen-bond donors (Lipinski definition) is 1. The predicted octanol–water partition coefficient (Wildman–Crippen LogP) is 4.57. The molecule has 21 heavy (non-hydrogen) atoms. The number of thiophene rings is 1. The van der Waals surface area contributed by atoms with Crippen molar-refractivity contribution in [3.63, 3.8) is 0 Å². The molecule has 0 spiro atoms. The van der Waals surface area contributed by atoms with Crippen LogP contribution in [0.15, 0.2) is 28.3 Å². The minimum atomic E-state index is -0.990. The Labute approximate surface area is 138 Å². The highest BCUT2D eigenvalue weighted by molar-refractivity contribution is 9.10. The van der Waals surface area contributed by atoms with Crippen LogP contribution in [0.3, 0.4) is 0 Å². The van der Waals surface area contributed by atoms with Crippen molar-refractivity contribution in [2.45, 2.75) is 13.5 Å². The van der Waals surface area contributed by atoms with Gasteiger partial charge in [0.05, 0.1) is 12.2 Å². The van der Waals surface area contributed by atoms with Gasteiger partial charge in [-0.05, 0) is 45.9 Å². The van der Waals surface area contributed by atoms with Crippen LogP contribution in [0.1, 0.15) is 21.7 Å². The van der Waals surface area contributed by atoms with Crippen LogP contribution >= 0.6 is 38.9 Å². The summed E-state index contributed by atoms with van der Waals surface area (Å²) in [5, 5.41) is 13.0. The highest BCUT2D eigenvalue weighted by Crippen LogP contribution is 2.33. The van der Waals surface area contributed by atoms with E-state index in [1.807, 2.05) is 23.6 Å². The number of halogens is 2. The number of aromatic nitrogens is 2. The number of benzene rings is 1. The van der Waals surface area contributed by atoms with Crippen molar-refractivity contribution in [2.75, 3.05) is 0 Å². The maximum atomic E-state index is 11.4. The Morgan fingerprint density at radius 1 is 1.52 bits per heavy atom. The summed E-state index contributed by atoms with van der Waals surface area (Å²) in [6.07, 6.45) is 0. The molecule has 0 unspecified atom stereocenters. The van der Waals surface area contributed by atoms with Crippen molar-refractivity contribution in [2.24, 2.45) is 0 Å². The normalized spacial score (nSPS) is 11.2. The van der Waals surface area contributed by atoms with E-state index in [1.165, 1.54) is 0 Å². The molecule has 4 nitrogen and oxygen atoms in total. The summed E-state index contributed by atoms with van der Waals surface area (Å²) in [6.45, 7) is 2.09. The van der Waals surface area contributed by atoms with E-state index in [-0.39, 0.29) is 5.69 Å². The minimum Gasteiger partial charge on any atom is -0.477 e. The second-order valence-electron chi connectivity index (χ2n) is 4.58. The number of aromatic carboxylic acids is 1. The molecular weight excluding hydrogens is 376 g/mol. The van der Waals surface area contributed by atoms with Crippen molar-refractivity contribution < 1.29 is 9.90 Å². The molecule has 0 amide bonds. The lowest BCUT2D eigenvalue weighted by Crippen LogP contribution is -2.10. The molecule has 0 saturated heterocycles. The zero-order chi connectivity index (χ0) is 15.1. The molecule has 0 aliphatic heterocycles. The molecule has 0 fully saturated rings. The Hall–Kier alpha value is -1.37. The number of carbonyl (C=O) groups is 1. The monoisotopic (exact) mass is 384 g/mol. The predicted molar refractivity (Wildman–Crippen MR) is 87.6 cm³/mol. The summed E-state index contributed by atoms with van der Waals surface area (Å²) in [5.41, 5.74) is 1.66. The van der Waals surface area contributed by atoms with E-state index >= 15 is 0 Å². The molecule has 3 aromatic rings. The van der Waals surface area contributed by atoms with Crippen molar-refractivity contribution in [3.05, 3.63) is 50.3 Å². The van der Waals surface area contributed by atoms with E-state index < -0.39 is 5.97 Å². The van der Waals surface area contributed by atoms with Gasteiger partial charge in [-0.25, -0.2) is 9.78 Å². The van der Waals surface area contributed by atoms with Gasteiger partial charge in [0.1, 0.15) is 0 Å². The number of carboxylic acids is 1. The Balaban J connectivity index is 2.14. The quantitative estimate of drug-likeness (QED) is 0.718. The van der Waals surface area contributed by atoms with Crippen LogP contribution in [0.25, 0.3) is 10.1 Å². The number of rotatable bonds is 3. The Kier molecular flexibility index (Phi) is 3.77. The SMILES string of the molecule is Cc1nc(Br)n(Cc2csc3cccc(Cl)c23)c1C(=O)O. The molecule has 1 N–H and O–H groups in total. The number of fused-ring (bicyclic) bond motifs is 1. The Morgan fingerprint density at radius 2 is 2.29 bits per heavy atom. The molecule has 7 heteroatoms. The lowest BCUT2D eigenvalue weighted by molar-refractivity contribution is 0.0684. The molecular formula is C14H10BrClN2O2S. The highest BCUT2D eigenvalue weighted by atomic mass is 79.9. The fourth-order valence-corrected chi connectivity index (χ4v) is 4.25. The van der Waals surface area contributed by atoms with Crippen LogP contribution in [-0.4, -0.2) is 20.6 Å². The number of carboxylic acid groups (broad SMARTS) is 1. The summed E-state index contributed by atoms with van der Waals surface area (Å²) >= 11 is 11.2. The van der Waals surface area contributed by atoms with E-state index in [9.17, 15) is 9.90 Å². The Morgan fingerprint density at radius 3 is 3.00 bits per heavy atom. The van der Waals surface area contributed by atoms with Gasteiger partial charge < -0.3 is 9.67 Å². The molecule has 3 rings (SSSR count). The van der Waals surface area contributed by atoms with Gasteiger partial charge in [0.15, 0.2) is 10.4 Å². The molecule has 0 bridgehead atoms. The van der Waals surface area contributed by atoms with Crippen molar-refractivity contribution in [1.82, 2.24) is 9.55 Å². The minimum absolute atomic E-state index is 0.188. The third kappa shape index (κ3) is 2.47. The standard InChI is InChI=1S/C14H10BrClN2O2S/c1-7-12(13(19)20)18(14(15)17-7)5-8-6-21-10-4-2-3-9(16)11(8)10/h2-4,6H,5H2,1H3,(H,19,20). The number of aryl methyl sites for hydroxylation is 1. The summed E-state index contributed by atoms with van der Waals surface area (Å²) in [5.74, 6) is -0.990. The molecule has 2 aromatic heterocycles. The van der Waals surface area contributed by atoms with Crippen LogP contribution in [0.2, 0.25) is 5.02 Å². The number of nitrogens with zero attached hydrogens (tertiary/aromatic N) is 2. The van der Waals surface area contributed by atoms with Crippen LogP contribution < -0.4 is 0 Å². The largest absolute Gasteiger partial charge is 0.477 e. The van der Waals surface area contributed by atoms with E-state index in [1.54, 1.807) is 22.8 Å². The number of imidazole rings is 1. The average Bonchev–Trinajstić information content (AvgIpc) is 2.93. The lowest BCUT2D eigenvalue weighted by Gasteiger charge is -2.07. The molecule has 2 heterocycles. The topological polar surface area (TPSA) is 55.1 Å². The maximum absolute atomic E-state index is 11.4. The van der Waals surface area contributed by atoms with Gasteiger partial charge in [0, 0.05) is 15.1 Å². The smallest absolute Gasteiger partial charge is 0.354 e. The van der Waals surface area contributed by atoms with Crippen LogP contribution in [0.4, 0.5) is 0 Å².